The van der Waals surface area contributed by atoms with Gasteiger partial charge in [0.2, 0.25) is 0 Å². The minimum Gasteiger partial charge on any atom is -0.506 e. The van der Waals surface area contributed by atoms with Crippen LogP contribution in [0, 0.1) is 0 Å². The van der Waals surface area contributed by atoms with E-state index in [0.29, 0.717) is 12.2 Å². The molecule has 0 aliphatic heterocycles. The summed E-state index contributed by atoms with van der Waals surface area (Å²) in [6.07, 6.45) is 3.13. The van der Waals surface area contributed by atoms with Crippen LogP contribution in [0.1, 0.15) is 22.8 Å². The van der Waals surface area contributed by atoms with Gasteiger partial charge in [-0.05, 0) is 55.0 Å². The number of benzene rings is 2. The van der Waals surface area contributed by atoms with E-state index < -0.39 is 0 Å². The average Bonchev–Trinajstić information content (AvgIpc) is 2.49. The topological polar surface area (TPSA) is 46.5 Å². The summed E-state index contributed by atoms with van der Waals surface area (Å²) in [5.74, 6) is 0.650. The molecule has 0 bridgehead atoms. The zero-order valence-corrected chi connectivity index (χ0v) is 12.3. The van der Waals surface area contributed by atoms with Crippen molar-refractivity contribution < 1.29 is 14.6 Å². The number of ether oxygens (including phenoxy) is 1. The molecule has 0 fully saturated rings. The largest absolute Gasteiger partial charge is 0.506 e. The van der Waals surface area contributed by atoms with E-state index in [9.17, 15) is 9.90 Å². The Balaban J connectivity index is 2.09. The number of carbonyl (C=O) groups is 1. The molecule has 4 heteroatoms. The van der Waals surface area contributed by atoms with Crippen molar-refractivity contribution in [1.82, 2.24) is 0 Å². The van der Waals surface area contributed by atoms with Crippen LogP contribution in [0.4, 0.5) is 0 Å². The van der Waals surface area contributed by atoms with Crippen molar-refractivity contribution in [2.45, 2.75) is 6.92 Å². The Morgan fingerprint density at radius 2 is 1.95 bits per heavy atom. The highest BCUT2D eigenvalue weighted by Gasteiger charge is 2.03. The van der Waals surface area contributed by atoms with Crippen molar-refractivity contribution in [2.24, 2.45) is 0 Å². The van der Waals surface area contributed by atoms with Gasteiger partial charge in [-0.2, -0.15) is 0 Å². The van der Waals surface area contributed by atoms with E-state index in [-0.39, 0.29) is 16.6 Å². The maximum atomic E-state index is 12.0. The second-order valence-electron chi connectivity index (χ2n) is 4.37. The first-order valence-corrected chi connectivity index (χ1v) is 6.91. The Labute approximate surface area is 128 Å². The lowest BCUT2D eigenvalue weighted by Gasteiger charge is -2.03. The van der Waals surface area contributed by atoms with Crippen LogP contribution in [-0.2, 0) is 0 Å². The Kier molecular flexibility index (Phi) is 5.01. The van der Waals surface area contributed by atoms with E-state index in [1.807, 2.05) is 6.92 Å². The van der Waals surface area contributed by atoms with Crippen molar-refractivity contribution in [1.29, 1.82) is 0 Å². The molecule has 21 heavy (non-hydrogen) atoms. The summed E-state index contributed by atoms with van der Waals surface area (Å²) in [4.78, 5) is 12.0. The second kappa shape index (κ2) is 6.95. The molecular weight excluding hydrogens is 288 g/mol. The molecule has 0 heterocycles. The number of hydrogen-bond acceptors (Lipinski definition) is 3. The molecule has 0 saturated heterocycles. The number of aromatic hydroxyl groups is 1. The van der Waals surface area contributed by atoms with Gasteiger partial charge in [0, 0.05) is 5.56 Å². The second-order valence-corrected chi connectivity index (χ2v) is 4.77. The third-order valence-electron chi connectivity index (χ3n) is 2.85. The van der Waals surface area contributed by atoms with Crippen LogP contribution in [0.25, 0.3) is 6.08 Å². The third-order valence-corrected chi connectivity index (χ3v) is 3.15. The van der Waals surface area contributed by atoms with Crippen molar-refractivity contribution in [2.75, 3.05) is 6.61 Å². The molecule has 3 nitrogen and oxygen atoms in total. The minimum absolute atomic E-state index is 0.0201. The Morgan fingerprint density at radius 3 is 2.57 bits per heavy atom. The van der Waals surface area contributed by atoms with E-state index in [1.54, 1.807) is 42.5 Å². The van der Waals surface area contributed by atoms with Crippen molar-refractivity contribution >= 4 is 23.5 Å². The van der Waals surface area contributed by atoms with Gasteiger partial charge in [-0.25, -0.2) is 0 Å². The Hall–Kier alpha value is -2.26. The van der Waals surface area contributed by atoms with Gasteiger partial charge >= 0.3 is 0 Å². The zero-order chi connectivity index (χ0) is 15.2. The van der Waals surface area contributed by atoms with Gasteiger partial charge in [-0.1, -0.05) is 23.7 Å². The molecule has 0 spiro atoms. The molecule has 0 unspecified atom stereocenters. The molecule has 1 N–H and O–H groups in total. The molecule has 2 aromatic rings. The fourth-order valence-electron chi connectivity index (χ4n) is 1.78. The van der Waals surface area contributed by atoms with Gasteiger partial charge in [0.15, 0.2) is 5.78 Å². The predicted molar refractivity (Wildman–Crippen MR) is 84.1 cm³/mol. The van der Waals surface area contributed by atoms with E-state index >= 15 is 0 Å². The molecule has 2 rings (SSSR count). The van der Waals surface area contributed by atoms with Crippen LogP contribution >= 0.6 is 11.6 Å². The fourth-order valence-corrected chi connectivity index (χ4v) is 1.97. The molecule has 0 amide bonds. The van der Waals surface area contributed by atoms with Crippen LogP contribution in [0.5, 0.6) is 11.5 Å². The summed E-state index contributed by atoms with van der Waals surface area (Å²) >= 11 is 5.81. The van der Waals surface area contributed by atoms with Gasteiger partial charge in [0.25, 0.3) is 0 Å². The molecule has 0 aromatic heterocycles. The number of halogens is 1. The van der Waals surface area contributed by atoms with Crippen LogP contribution in [0.3, 0.4) is 0 Å². The lowest BCUT2D eigenvalue weighted by atomic mass is 10.1. The highest BCUT2D eigenvalue weighted by Crippen LogP contribution is 2.24. The fraction of sp³-hybridized carbons (Fsp3) is 0.118. The standard InChI is InChI=1S/C17H15ClO3/c1-2-21-14-7-5-13(6-8-14)16(19)9-3-12-4-10-17(20)15(18)11-12/h3-11,20H,2H2,1H3/b9-3+. The number of carbonyl (C=O) groups excluding carboxylic acids is 1. The van der Waals surface area contributed by atoms with Crippen molar-refractivity contribution in [3.05, 3.63) is 64.7 Å². The Bertz CT molecular complexity index is 660. The SMILES string of the molecule is CCOc1ccc(C(=O)/C=C/c2ccc(O)c(Cl)c2)cc1. The van der Waals surface area contributed by atoms with Gasteiger partial charge in [-0.3, -0.25) is 4.79 Å². The summed E-state index contributed by atoms with van der Waals surface area (Å²) in [5, 5.41) is 9.59. The molecular formula is C17H15ClO3. The van der Waals surface area contributed by atoms with Gasteiger partial charge in [-0.15, -0.1) is 0 Å². The van der Waals surface area contributed by atoms with Crippen LogP contribution < -0.4 is 4.74 Å². The van der Waals surface area contributed by atoms with Gasteiger partial charge < -0.3 is 9.84 Å². The zero-order valence-electron chi connectivity index (χ0n) is 11.5. The first kappa shape index (κ1) is 15.1. The van der Waals surface area contributed by atoms with Crippen LogP contribution in [0.2, 0.25) is 5.02 Å². The molecule has 0 aliphatic rings. The summed E-state index contributed by atoms with van der Waals surface area (Å²) in [6, 6.07) is 11.7. The van der Waals surface area contributed by atoms with Crippen molar-refractivity contribution in [3.63, 3.8) is 0 Å². The first-order valence-electron chi connectivity index (χ1n) is 6.54. The molecule has 0 aliphatic carbocycles. The summed E-state index contributed by atoms with van der Waals surface area (Å²) in [5.41, 5.74) is 1.33. The van der Waals surface area contributed by atoms with Gasteiger partial charge in [0.05, 0.1) is 11.6 Å². The summed E-state index contributed by atoms with van der Waals surface area (Å²) in [7, 11) is 0. The van der Waals surface area contributed by atoms with E-state index in [0.717, 1.165) is 11.3 Å². The predicted octanol–water partition coefficient (Wildman–Crippen LogP) is 4.34. The normalized spacial score (nSPS) is 10.8. The maximum Gasteiger partial charge on any atom is 0.185 e. The summed E-state index contributed by atoms with van der Waals surface area (Å²) in [6.45, 7) is 2.50. The monoisotopic (exact) mass is 302 g/mol. The number of rotatable bonds is 5. The molecule has 0 saturated carbocycles. The maximum absolute atomic E-state index is 12.0. The highest BCUT2D eigenvalue weighted by molar-refractivity contribution is 6.32. The number of ketones is 1. The summed E-state index contributed by atoms with van der Waals surface area (Å²) < 4.78 is 5.33. The molecule has 0 atom stereocenters. The quantitative estimate of drug-likeness (QED) is 0.660. The number of allylic oxidation sites excluding steroid dienone is 1. The van der Waals surface area contributed by atoms with E-state index in [4.69, 9.17) is 16.3 Å². The number of phenols is 1. The third kappa shape index (κ3) is 4.10. The smallest absolute Gasteiger partial charge is 0.185 e. The molecule has 0 radical (unpaired) electrons. The van der Waals surface area contributed by atoms with E-state index in [1.165, 1.54) is 12.1 Å². The van der Waals surface area contributed by atoms with Crippen molar-refractivity contribution in [3.8, 4) is 11.5 Å². The first-order chi connectivity index (χ1) is 10.1. The number of hydrogen-bond donors (Lipinski definition) is 1. The number of phenolic OH excluding ortho intramolecular Hbond substituents is 1. The Morgan fingerprint density at radius 1 is 1.24 bits per heavy atom. The lowest BCUT2D eigenvalue weighted by Crippen LogP contribution is -1.95. The van der Waals surface area contributed by atoms with Gasteiger partial charge in [0.1, 0.15) is 11.5 Å². The minimum atomic E-state index is -0.109. The van der Waals surface area contributed by atoms with E-state index in [2.05, 4.69) is 0 Å². The molecule has 108 valence electrons. The van der Waals surface area contributed by atoms with Crippen LogP contribution in [0.15, 0.2) is 48.5 Å². The van der Waals surface area contributed by atoms with Crippen LogP contribution in [-0.4, -0.2) is 17.5 Å². The average molecular weight is 303 g/mol. The lowest BCUT2D eigenvalue weighted by molar-refractivity contribution is 0.104. The molecule has 2 aromatic carbocycles. The highest BCUT2D eigenvalue weighted by atomic mass is 35.5.